The van der Waals surface area contributed by atoms with Gasteiger partial charge < -0.3 is 9.26 Å². The van der Waals surface area contributed by atoms with Crippen LogP contribution in [0.15, 0.2) is 4.52 Å². The molecule has 0 aliphatic heterocycles. The predicted molar refractivity (Wildman–Crippen MR) is 42.6 cm³/mol. The van der Waals surface area contributed by atoms with E-state index in [-0.39, 0.29) is 0 Å². The number of rotatable bonds is 3. The van der Waals surface area contributed by atoms with Gasteiger partial charge in [-0.15, -0.1) is 0 Å². The molecule has 56 valence electrons. The molecule has 5 heteroatoms. The minimum absolute atomic E-state index is 0.623. The molecule has 0 bridgehead atoms. The molecule has 0 unspecified atom stereocenters. The van der Waals surface area contributed by atoms with E-state index >= 15 is 0 Å². The fourth-order valence-corrected chi connectivity index (χ4v) is 0.893. The molecule has 0 aliphatic rings. The highest BCUT2D eigenvalue weighted by Crippen LogP contribution is 2.00. The van der Waals surface area contributed by atoms with Crippen LogP contribution in [0.1, 0.15) is 5.89 Å². The van der Waals surface area contributed by atoms with Crippen molar-refractivity contribution in [3.63, 3.8) is 0 Å². The number of nitrogens with zero attached hydrogens (tertiary/aromatic N) is 2. The fraction of sp³-hybridized carbons (Fsp3) is 0.600. The van der Waals surface area contributed by atoms with Gasteiger partial charge >= 0.3 is 0 Å². The van der Waals surface area contributed by atoms with Gasteiger partial charge in [-0.05, 0) is 0 Å². The van der Waals surface area contributed by atoms with E-state index in [1.165, 1.54) is 0 Å². The lowest BCUT2D eigenvalue weighted by atomic mass is 10.5. The molecular formula is C5H7IN2O2. The molecule has 10 heavy (non-hydrogen) atoms. The van der Waals surface area contributed by atoms with Gasteiger partial charge in [-0.1, -0.05) is 5.16 Å². The summed E-state index contributed by atoms with van der Waals surface area (Å²) in [5, 5.41) is 3.61. The molecule has 0 aromatic carbocycles. The Kier molecular flexibility index (Phi) is 3.07. The molecule has 0 atom stereocenters. The lowest BCUT2D eigenvalue weighted by Crippen LogP contribution is -1.93. The molecule has 1 aromatic heterocycles. The molecule has 0 saturated carbocycles. The SMILES string of the molecule is COCCc1nc(I)no1. The van der Waals surface area contributed by atoms with Crippen LogP contribution in [0.2, 0.25) is 0 Å². The van der Waals surface area contributed by atoms with Crippen LogP contribution >= 0.6 is 22.6 Å². The van der Waals surface area contributed by atoms with Gasteiger partial charge in [0, 0.05) is 29.7 Å². The number of methoxy groups -OCH3 is 1. The van der Waals surface area contributed by atoms with Gasteiger partial charge in [0.15, 0.2) is 0 Å². The van der Waals surface area contributed by atoms with E-state index in [9.17, 15) is 0 Å². The Bertz CT molecular complexity index is 201. The molecule has 0 spiro atoms. The summed E-state index contributed by atoms with van der Waals surface area (Å²) < 4.78 is 10.3. The third-order valence-corrected chi connectivity index (χ3v) is 1.40. The smallest absolute Gasteiger partial charge is 0.232 e. The van der Waals surface area contributed by atoms with Gasteiger partial charge in [0.2, 0.25) is 9.72 Å². The monoisotopic (exact) mass is 254 g/mol. The summed E-state index contributed by atoms with van der Waals surface area (Å²) in [4.78, 5) is 3.98. The van der Waals surface area contributed by atoms with Crippen molar-refractivity contribution in [2.45, 2.75) is 6.42 Å². The third-order valence-electron chi connectivity index (χ3n) is 0.963. The first-order valence-electron chi connectivity index (χ1n) is 2.80. The molecule has 0 saturated heterocycles. The standard InChI is InChI=1S/C5H7IN2O2/c1-9-3-2-4-7-5(6)8-10-4/h2-3H2,1H3. The van der Waals surface area contributed by atoms with Crippen molar-refractivity contribution >= 4 is 22.6 Å². The summed E-state index contributed by atoms with van der Waals surface area (Å²) in [7, 11) is 1.64. The molecule has 1 heterocycles. The predicted octanol–water partition coefficient (Wildman–Crippen LogP) is 0.863. The second-order valence-corrected chi connectivity index (χ2v) is 2.66. The first-order chi connectivity index (χ1) is 4.83. The number of halogens is 1. The highest BCUT2D eigenvalue weighted by molar-refractivity contribution is 14.1. The van der Waals surface area contributed by atoms with Crippen molar-refractivity contribution in [3.8, 4) is 0 Å². The van der Waals surface area contributed by atoms with Crippen molar-refractivity contribution in [1.82, 2.24) is 10.1 Å². The number of hydrogen-bond donors (Lipinski definition) is 0. The van der Waals surface area contributed by atoms with Gasteiger partial charge in [-0.2, -0.15) is 4.98 Å². The molecule has 1 rings (SSSR count). The Labute approximate surface area is 72.1 Å². The average Bonchev–Trinajstić information content (AvgIpc) is 2.31. The zero-order valence-electron chi connectivity index (χ0n) is 5.50. The maximum absolute atomic E-state index is 4.82. The van der Waals surface area contributed by atoms with Crippen molar-refractivity contribution in [3.05, 3.63) is 9.72 Å². The van der Waals surface area contributed by atoms with Crippen LogP contribution in [0.4, 0.5) is 0 Å². The Morgan fingerprint density at radius 1 is 1.70 bits per heavy atom. The quantitative estimate of drug-likeness (QED) is 0.750. The van der Waals surface area contributed by atoms with Gasteiger partial charge in [0.1, 0.15) is 0 Å². The second kappa shape index (κ2) is 3.87. The summed E-state index contributed by atoms with van der Waals surface area (Å²) in [5.41, 5.74) is 0. The minimum atomic E-state index is 0.623. The van der Waals surface area contributed by atoms with Gasteiger partial charge in [0.25, 0.3) is 0 Å². The first kappa shape index (κ1) is 7.93. The van der Waals surface area contributed by atoms with Crippen LogP contribution in [-0.2, 0) is 11.2 Å². The summed E-state index contributed by atoms with van der Waals surface area (Å²) in [6, 6.07) is 0. The summed E-state index contributed by atoms with van der Waals surface area (Å²) in [5.74, 6) is 0.631. The largest absolute Gasteiger partial charge is 0.384 e. The summed E-state index contributed by atoms with van der Waals surface area (Å²) in [6.45, 7) is 0.623. The van der Waals surface area contributed by atoms with Gasteiger partial charge in [-0.25, -0.2) is 0 Å². The Hall–Kier alpha value is -0.170. The van der Waals surface area contributed by atoms with Crippen LogP contribution < -0.4 is 0 Å². The Morgan fingerprint density at radius 2 is 2.50 bits per heavy atom. The second-order valence-electron chi connectivity index (χ2n) is 1.70. The highest BCUT2D eigenvalue weighted by Gasteiger charge is 2.00. The zero-order valence-corrected chi connectivity index (χ0v) is 7.66. The lowest BCUT2D eigenvalue weighted by Gasteiger charge is -1.89. The molecule has 1 aromatic rings. The molecule has 0 N–H and O–H groups in total. The van der Waals surface area contributed by atoms with Crippen molar-refractivity contribution in [2.24, 2.45) is 0 Å². The van der Waals surface area contributed by atoms with Crippen LogP contribution in [0.25, 0.3) is 0 Å². The minimum Gasteiger partial charge on any atom is -0.384 e. The average molecular weight is 254 g/mol. The van der Waals surface area contributed by atoms with Crippen molar-refractivity contribution in [2.75, 3.05) is 13.7 Å². The number of hydrogen-bond acceptors (Lipinski definition) is 4. The number of aromatic nitrogens is 2. The number of ether oxygens (including phenoxy) is 1. The third kappa shape index (κ3) is 2.22. The first-order valence-corrected chi connectivity index (χ1v) is 3.88. The van der Waals surface area contributed by atoms with Crippen molar-refractivity contribution in [1.29, 1.82) is 0 Å². The molecular weight excluding hydrogens is 247 g/mol. The van der Waals surface area contributed by atoms with E-state index in [0.717, 1.165) is 0 Å². The van der Waals surface area contributed by atoms with E-state index < -0.39 is 0 Å². The van der Waals surface area contributed by atoms with E-state index in [4.69, 9.17) is 9.26 Å². The van der Waals surface area contributed by atoms with E-state index in [1.807, 2.05) is 22.6 Å². The molecule has 0 radical (unpaired) electrons. The maximum atomic E-state index is 4.82. The topological polar surface area (TPSA) is 48.2 Å². The highest BCUT2D eigenvalue weighted by atomic mass is 127. The van der Waals surface area contributed by atoms with Crippen LogP contribution in [0, 0.1) is 3.83 Å². The van der Waals surface area contributed by atoms with Gasteiger partial charge in [-0.3, -0.25) is 0 Å². The van der Waals surface area contributed by atoms with Gasteiger partial charge in [0.05, 0.1) is 13.0 Å². The normalized spacial score (nSPS) is 10.2. The van der Waals surface area contributed by atoms with E-state index in [0.29, 0.717) is 22.7 Å². The van der Waals surface area contributed by atoms with E-state index in [2.05, 4.69) is 10.1 Å². The van der Waals surface area contributed by atoms with Crippen molar-refractivity contribution < 1.29 is 9.26 Å². The summed E-state index contributed by atoms with van der Waals surface area (Å²) >= 11 is 2.00. The van der Waals surface area contributed by atoms with Crippen LogP contribution in [0.5, 0.6) is 0 Å². The lowest BCUT2D eigenvalue weighted by molar-refractivity contribution is 0.192. The molecule has 0 aliphatic carbocycles. The maximum Gasteiger partial charge on any atom is 0.232 e. The molecule has 0 fully saturated rings. The van der Waals surface area contributed by atoms with E-state index in [1.54, 1.807) is 7.11 Å². The molecule has 0 amide bonds. The van der Waals surface area contributed by atoms with Crippen LogP contribution in [-0.4, -0.2) is 23.9 Å². The van der Waals surface area contributed by atoms with Crippen LogP contribution in [0.3, 0.4) is 0 Å². The zero-order chi connectivity index (χ0) is 7.40. The fourth-order valence-electron chi connectivity index (χ4n) is 0.525. The summed E-state index contributed by atoms with van der Waals surface area (Å²) in [6.07, 6.45) is 0.687. The molecule has 4 nitrogen and oxygen atoms in total. The Balaban J connectivity index is 2.42. The Morgan fingerprint density at radius 3 is 3.00 bits per heavy atom.